The molecule has 2 aromatic rings. The van der Waals surface area contributed by atoms with Crippen molar-refractivity contribution in [1.82, 2.24) is 4.90 Å². The molecule has 1 N–H and O–H groups in total. The summed E-state index contributed by atoms with van der Waals surface area (Å²) >= 11 is 0. The van der Waals surface area contributed by atoms with E-state index >= 15 is 0 Å². The number of aromatic hydroxyl groups is 1. The van der Waals surface area contributed by atoms with Gasteiger partial charge in [0, 0.05) is 12.1 Å². The molecule has 3 rings (SSSR count). The number of benzene rings is 2. The Hall–Kier alpha value is -1.80. The minimum Gasteiger partial charge on any atom is -0.507 e. The van der Waals surface area contributed by atoms with Gasteiger partial charge in [-0.3, -0.25) is 0 Å². The highest BCUT2D eigenvalue weighted by Crippen LogP contribution is 2.39. The number of phenols is 1. The summed E-state index contributed by atoms with van der Waals surface area (Å²) < 4.78 is 0. The Morgan fingerprint density at radius 3 is 2.33 bits per heavy atom. The van der Waals surface area contributed by atoms with Crippen LogP contribution in [0.5, 0.6) is 5.75 Å². The highest BCUT2D eigenvalue weighted by atomic mass is 16.3. The van der Waals surface area contributed by atoms with Gasteiger partial charge >= 0.3 is 0 Å². The molecule has 1 fully saturated rings. The fourth-order valence-electron chi connectivity index (χ4n) is 3.91. The minimum atomic E-state index is 0.524. The molecule has 24 heavy (non-hydrogen) atoms. The van der Waals surface area contributed by atoms with E-state index in [-0.39, 0.29) is 0 Å². The van der Waals surface area contributed by atoms with Gasteiger partial charge in [-0.25, -0.2) is 0 Å². The molecule has 0 amide bonds. The summed E-state index contributed by atoms with van der Waals surface area (Å²) in [6.45, 7) is 0.786. The predicted octanol–water partition coefficient (Wildman–Crippen LogP) is 5.09. The van der Waals surface area contributed by atoms with Gasteiger partial charge in [0.2, 0.25) is 0 Å². The minimum absolute atomic E-state index is 0.524. The van der Waals surface area contributed by atoms with E-state index in [1.807, 2.05) is 0 Å². The Bertz CT molecular complexity index is 657. The molecule has 0 aliphatic heterocycles. The first-order valence-electron chi connectivity index (χ1n) is 9.17. The van der Waals surface area contributed by atoms with Crippen molar-refractivity contribution in [2.75, 3.05) is 14.1 Å². The van der Waals surface area contributed by atoms with Crippen LogP contribution in [0.15, 0.2) is 42.5 Å². The first-order chi connectivity index (χ1) is 11.6. The molecule has 0 atom stereocenters. The second-order valence-electron chi connectivity index (χ2n) is 7.43. The quantitative estimate of drug-likeness (QED) is 0.828. The van der Waals surface area contributed by atoms with E-state index < -0.39 is 0 Å². The molecule has 2 nitrogen and oxygen atoms in total. The third-order valence-corrected chi connectivity index (χ3v) is 5.06. The molecule has 0 spiro atoms. The molecule has 0 aromatic heterocycles. The van der Waals surface area contributed by atoms with Gasteiger partial charge in [-0.05, 0) is 56.0 Å². The summed E-state index contributed by atoms with van der Waals surface area (Å²) in [5.41, 5.74) is 4.89. The lowest BCUT2D eigenvalue weighted by Crippen LogP contribution is -2.13. The Labute approximate surface area is 146 Å². The van der Waals surface area contributed by atoms with E-state index in [0.717, 1.165) is 18.5 Å². The van der Waals surface area contributed by atoms with E-state index in [4.69, 9.17) is 0 Å². The van der Waals surface area contributed by atoms with Crippen molar-refractivity contribution in [3.05, 3.63) is 64.7 Å². The maximum atomic E-state index is 10.9. The van der Waals surface area contributed by atoms with E-state index in [0.29, 0.717) is 11.7 Å². The number of rotatable bonds is 5. The zero-order valence-electron chi connectivity index (χ0n) is 15.0. The molecule has 0 radical (unpaired) electrons. The van der Waals surface area contributed by atoms with Crippen LogP contribution in [-0.4, -0.2) is 24.1 Å². The van der Waals surface area contributed by atoms with Gasteiger partial charge < -0.3 is 10.0 Å². The molecule has 1 aliphatic rings. The molecule has 2 aromatic carbocycles. The zero-order chi connectivity index (χ0) is 16.9. The van der Waals surface area contributed by atoms with E-state index in [2.05, 4.69) is 61.5 Å². The smallest absolute Gasteiger partial charge is 0.123 e. The first kappa shape index (κ1) is 17.0. The van der Waals surface area contributed by atoms with Crippen molar-refractivity contribution in [1.29, 1.82) is 0 Å². The van der Waals surface area contributed by atoms with Crippen molar-refractivity contribution in [3.63, 3.8) is 0 Å². The third kappa shape index (κ3) is 4.18. The fraction of sp³-hybridized carbons (Fsp3) is 0.455. The summed E-state index contributed by atoms with van der Waals surface area (Å²) in [7, 11) is 4.12. The number of phenolic OH excluding ortho intramolecular Hbond substituents is 1. The summed E-state index contributed by atoms with van der Waals surface area (Å²) in [5.74, 6) is 1.06. The van der Waals surface area contributed by atoms with Crippen molar-refractivity contribution in [2.24, 2.45) is 0 Å². The van der Waals surface area contributed by atoms with Gasteiger partial charge in [0.15, 0.2) is 0 Å². The third-order valence-electron chi connectivity index (χ3n) is 5.06. The van der Waals surface area contributed by atoms with Gasteiger partial charge in [0.25, 0.3) is 0 Å². The maximum Gasteiger partial charge on any atom is 0.123 e. The largest absolute Gasteiger partial charge is 0.507 e. The van der Waals surface area contributed by atoms with Crippen LogP contribution >= 0.6 is 0 Å². The molecule has 1 saturated carbocycles. The van der Waals surface area contributed by atoms with Crippen LogP contribution in [0, 0.1) is 0 Å². The van der Waals surface area contributed by atoms with E-state index in [9.17, 15) is 5.11 Å². The number of hydrogen-bond acceptors (Lipinski definition) is 2. The Balaban J connectivity index is 1.95. The van der Waals surface area contributed by atoms with Crippen LogP contribution < -0.4 is 0 Å². The highest BCUT2D eigenvalue weighted by molar-refractivity contribution is 5.47. The van der Waals surface area contributed by atoms with Gasteiger partial charge in [-0.2, -0.15) is 0 Å². The second kappa shape index (κ2) is 7.85. The van der Waals surface area contributed by atoms with Crippen molar-refractivity contribution in [3.8, 4) is 5.75 Å². The van der Waals surface area contributed by atoms with Crippen LogP contribution in [0.3, 0.4) is 0 Å². The SMILES string of the molecule is CN(C)Cc1cc(Cc2ccccc2)cc(C2CCCCC2)c1O. The summed E-state index contributed by atoms with van der Waals surface area (Å²) in [4.78, 5) is 2.13. The zero-order valence-corrected chi connectivity index (χ0v) is 15.0. The lowest BCUT2D eigenvalue weighted by atomic mass is 9.82. The average molecular weight is 323 g/mol. The van der Waals surface area contributed by atoms with Crippen LogP contribution in [-0.2, 0) is 13.0 Å². The second-order valence-corrected chi connectivity index (χ2v) is 7.43. The summed E-state index contributed by atoms with van der Waals surface area (Å²) in [6, 6.07) is 15.1. The molecule has 0 saturated heterocycles. The average Bonchev–Trinajstić information content (AvgIpc) is 2.59. The molecule has 0 heterocycles. The number of nitrogens with zero attached hydrogens (tertiary/aromatic N) is 1. The van der Waals surface area contributed by atoms with Gasteiger partial charge in [0.1, 0.15) is 5.75 Å². The Kier molecular flexibility index (Phi) is 5.57. The van der Waals surface area contributed by atoms with E-state index in [1.54, 1.807) is 0 Å². The fourth-order valence-corrected chi connectivity index (χ4v) is 3.91. The summed E-state index contributed by atoms with van der Waals surface area (Å²) in [5, 5.41) is 10.9. The molecule has 0 bridgehead atoms. The lowest BCUT2D eigenvalue weighted by Gasteiger charge is -2.25. The maximum absolute atomic E-state index is 10.9. The van der Waals surface area contributed by atoms with Crippen LogP contribution in [0.1, 0.15) is 60.3 Å². The molecule has 2 heteroatoms. The monoisotopic (exact) mass is 323 g/mol. The molecule has 0 unspecified atom stereocenters. The number of hydrogen-bond donors (Lipinski definition) is 1. The standard InChI is InChI=1S/C22H29NO/c1-23(2)16-20-14-18(13-17-9-5-3-6-10-17)15-21(22(20)24)19-11-7-4-8-12-19/h3,5-6,9-10,14-15,19,24H,4,7-8,11-13,16H2,1-2H3. The molecular weight excluding hydrogens is 294 g/mol. The molecule has 1 aliphatic carbocycles. The Morgan fingerprint density at radius 2 is 1.67 bits per heavy atom. The Morgan fingerprint density at radius 1 is 0.958 bits per heavy atom. The van der Waals surface area contributed by atoms with Crippen molar-refractivity contribution < 1.29 is 5.11 Å². The highest BCUT2D eigenvalue weighted by Gasteiger charge is 2.21. The predicted molar refractivity (Wildman–Crippen MR) is 101 cm³/mol. The summed E-state index contributed by atoms with van der Waals surface area (Å²) in [6.07, 6.45) is 7.27. The van der Waals surface area contributed by atoms with Gasteiger partial charge in [-0.1, -0.05) is 61.7 Å². The topological polar surface area (TPSA) is 23.5 Å². The normalized spacial score (nSPS) is 15.8. The van der Waals surface area contributed by atoms with Gasteiger partial charge in [0.05, 0.1) is 0 Å². The van der Waals surface area contributed by atoms with E-state index in [1.165, 1.54) is 48.8 Å². The lowest BCUT2D eigenvalue weighted by molar-refractivity contribution is 0.376. The molecule has 128 valence electrons. The van der Waals surface area contributed by atoms with Crippen LogP contribution in [0.2, 0.25) is 0 Å². The van der Waals surface area contributed by atoms with Gasteiger partial charge in [-0.15, -0.1) is 0 Å². The van der Waals surface area contributed by atoms with Crippen molar-refractivity contribution in [2.45, 2.75) is 51.0 Å². The van der Waals surface area contributed by atoms with Crippen LogP contribution in [0.4, 0.5) is 0 Å². The molecular formula is C22H29NO. The van der Waals surface area contributed by atoms with Crippen LogP contribution in [0.25, 0.3) is 0 Å². The van der Waals surface area contributed by atoms with Crippen molar-refractivity contribution >= 4 is 0 Å². The first-order valence-corrected chi connectivity index (χ1v) is 9.17.